The topological polar surface area (TPSA) is 85.4 Å². The molecule has 0 saturated carbocycles. The zero-order valence-corrected chi connectivity index (χ0v) is 12.0. The van der Waals surface area contributed by atoms with E-state index in [9.17, 15) is 4.79 Å². The molecule has 1 unspecified atom stereocenters. The molecule has 7 heteroatoms. The van der Waals surface area contributed by atoms with Crippen LogP contribution in [0.4, 0.5) is 5.95 Å². The molecule has 2 rings (SSSR count). The van der Waals surface area contributed by atoms with Gasteiger partial charge in [0.1, 0.15) is 0 Å². The van der Waals surface area contributed by atoms with E-state index in [0.29, 0.717) is 11.8 Å². The predicted molar refractivity (Wildman–Crippen MR) is 74.0 cm³/mol. The quantitative estimate of drug-likeness (QED) is 0.854. The van der Waals surface area contributed by atoms with Gasteiger partial charge in [-0.05, 0) is 32.7 Å². The first-order valence-electron chi connectivity index (χ1n) is 6.61. The Balaban J connectivity index is 2.14. The van der Waals surface area contributed by atoms with Crippen LogP contribution in [-0.2, 0) is 4.79 Å². The molecule has 0 aliphatic carbocycles. The maximum absolute atomic E-state index is 12.4. The van der Waals surface area contributed by atoms with Crippen molar-refractivity contribution >= 4 is 11.9 Å². The monoisotopic (exact) mass is 280 g/mol. The van der Waals surface area contributed by atoms with Crippen LogP contribution in [0.1, 0.15) is 26.2 Å². The third kappa shape index (κ3) is 3.16. The average molecular weight is 280 g/mol. The molecule has 0 aromatic carbocycles. The van der Waals surface area contributed by atoms with E-state index in [1.807, 2.05) is 6.92 Å². The molecule has 20 heavy (non-hydrogen) atoms. The van der Waals surface area contributed by atoms with Crippen LogP contribution in [0.25, 0.3) is 0 Å². The van der Waals surface area contributed by atoms with Gasteiger partial charge in [0.15, 0.2) is 0 Å². The van der Waals surface area contributed by atoms with Gasteiger partial charge in [-0.3, -0.25) is 10.1 Å². The number of rotatable bonds is 4. The lowest BCUT2D eigenvalue weighted by Crippen LogP contribution is -2.54. The third-order valence-electron chi connectivity index (χ3n) is 3.44. The van der Waals surface area contributed by atoms with Gasteiger partial charge >= 0.3 is 0 Å². The highest BCUT2D eigenvalue weighted by atomic mass is 16.5. The Labute approximate surface area is 118 Å². The molecule has 1 aliphatic rings. The van der Waals surface area contributed by atoms with E-state index in [4.69, 9.17) is 9.47 Å². The van der Waals surface area contributed by atoms with Crippen molar-refractivity contribution in [1.82, 2.24) is 15.3 Å². The van der Waals surface area contributed by atoms with Crippen LogP contribution >= 0.6 is 0 Å². The van der Waals surface area contributed by atoms with Crippen molar-refractivity contribution in [3.63, 3.8) is 0 Å². The Morgan fingerprint density at radius 1 is 1.30 bits per heavy atom. The number of carbonyl (C=O) groups is 1. The fraction of sp³-hybridized carbons (Fsp3) is 0.615. The summed E-state index contributed by atoms with van der Waals surface area (Å²) in [7, 11) is 2.99. The molecule has 0 bridgehead atoms. The van der Waals surface area contributed by atoms with Gasteiger partial charge in [0.2, 0.25) is 23.6 Å². The number of anilines is 1. The zero-order valence-electron chi connectivity index (χ0n) is 12.0. The van der Waals surface area contributed by atoms with Crippen molar-refractivity contribution in [2.75, 3.05) is 26.1 Å². The fourth-order valence-corrected chi connectivity index (χ4v) is 2.16. The van der Waals surface area contributed by atoms with Gasteiger partial charge in [-0.25, -0.2) is 0 Å². The average Bonchev–Trinajstić information content (AvgIpc) is 2.47. The molecule has 1 aromatic heterocycles. The van der Waals surface area contributed by atoms with E-state index < -0.39 is 5.54 Å². The first-order valence-corrected chi connectivity index (χ1v) is 6.61. The summed E-state index contributed by atoms with van der Waals surface area (Å²) in [6.07, 6.45) is 2.91. The number of amides is 1. The highest BCUT2D eigenvalue weighted by Crippen LogP contribution is 2.22. The van der Waals surface area contributed by atoms with Gasteiger partial charge in [-0.15, -0.1) is 0 Å². The van der Waals surface area contributed by atoms with E-state index in [1.165, 1.54) is 14.2 Å². The molecule has 1 aliphatic heterocycles. The van der Waals surface area contributed by atoms with Crippen molar-refractivity contribution < 1.29 is 14.3 Å². The summed E-state index contributed by atoms with van der Waals surface area (Å²) in [6.45, 7) is 2.73. The van der Waals surface area contributed by atoms with Crippen LogP contribution in [0.5, 0.6) is 11.8 Å². The molecule has 0 spiro atoms. The van der Waals surface area contributed by atoms with Crippen LogP contribution in [0.15, 0.2) is 6.07 Å². The van der Waals surface area contributed by atoms with Crippen molar-refractivity contribution in [2.45, 2.75) is 31.7 Å². The smallest absolute Gasteiger partial charge is 0.246 e. The standard InChI is InChI=1S/C13H20N4O3/c1-13(6-4-5-7-14-13)11(18)17-12-15-9(19-2)8-10(16-12)20-3/h8,14H,4-7H2,1-3H3,(H,15,16,17,18). The number of hydrogen-bond donors (Lipinski definition) is 2. The number of methoxy groups -OCH3 is 2. The summed E-state index contributed by atoms with van der Waals surface area (Å²) >= 11 is 0. The Morgan fingerprint density at radius 2 is 1.95 bits per heavy atom. The fourth-order valence-electron chi connectivity index (χ4n) is 2.16. The molecule has 1 atom stereocenters. The van der Waals surface area contributed by atoms with Crippen LogP contribution in [0, 0.1) is 0 Å². The van der Waals surface area contributed by atoms with Crippen LogP contribution in [-0.4, -0.2) is 42.2 Å². The summed E-state index contributed by atoms with van der Waals surface area (Å²) in [5, 5.41) is 5.96. The number of piperidine rings is 1. The highest BCUT2D eigenvalue weighted by Gasteiger charge is 2.34. The van der Waals surface area contributed by atoms with Gasteiger partial charge in [0, 0.05) is 0 Å². The number of nitrogens with zero attached hydrogens (tertiary/aromatic N) is 2. The van der Waals surface area contributed by atoms with Crippen molar-refractivity contribution in [3.8, 4) is 11.8 Å². The van der Waals surface area contributed by atoms with Gasteiger partial charge in [-0.1, -0.05) is 0 Å². The number of hydrogen-bond acceptors (Lipinski definition) is 6. The van der Waals surface area contributed by atoms with Crippen molar-refractivity contribution in [2.24, 2.45) is 0 Å². The first-order chi connectivity index (χ1) is 9.57. The number of ether oxygens (including phenoxy) is 2. The molecular weight excluding hydrogens is 260 g/mol. The molecule has 110 valence electrons. The number of aromatic nitrogens is 2. The van der Waals surface area contributed by atoms with Crippen LogP contribution in [0.3, 0.4) is 0 Å². The lowest BCUT2D eigenvalue weighted by molar-refractivity contribution is -0.122. The summed E-state index contributed by atoms with van der Waals surface area (Å²) in [5.74, 6) is 0.718. The number of nitrogens with one attached hydrogen (secondary N) is 2. The lowest BCUT2D eigenvalue weighted by Gasteiger charge is -2.33. The predicted octanol–water partition coefficient (Wildman–Crippen LogP) is 0.964. The van der Waals surface area contributed by atoms with Gasteiger partial charge in [0.25, 0.3) is 0 Å². The van der Waals surface area contributed by atoms with Gasteiger partial charge < -0.3 is 14.8 Å². The van der Waals surface area contributed by atoms with E-state index in [0.717, 1.165) is 25.8 Å². The molecule has 1 amide bonds. The zero-order chi connectivity index (χ0) is 14.6. The molecule has 2 N–H and O–H groups in total. The second-order valence-corrected chi connectivity index (χ2v) is 4.95. The largest absolute Gasteiger partial charge is 0.481 e. The molecule has 1 saturated heterocycles. The van der Waals surface area contributed by atoms with Gasteiger partial charge in [0.05, 0.1) is 25.8 Å². The molecule has 0 radical (unpaired) electrons. The SMILES string of the molecule is COc1cc(OC)nc(NC(=O)C2(C)CCCCN2)n1. The maximum Gasteiger partial charge on any atom is 0.246 e. The van der Waals surface area contributed by atoms with Crippen molar-refractivity contribution in [1.29, 1.82) is 0 Å². The van der Waals surface area contributed by atoms with E-state index in [-0.39, 0.29) is 11.9 Å². The second-order valence-electron chi connectivity index (χ2n) is 4.95. The Hall–Kier alpha value is -1.89. The van der Waals surface area contributed by atoms with Crippen LogP contribution in [0.2, 0.25) is 0 Å². The summed E-state index contributed by atoms with van der Waals surface area (Å²) in [5.41, 5.74) is -0.585. The minimum atomic E-state index is -0.585. The van der Waals surface area contributed by atoms with E-state index in [2.05, 4.69) is 20.6 Å². The summed E-state index contributed by atoms with van der Waals surface area (Å²) in [4.78, 5) is 20.5. The Kier molecular flexibility index (Phi) is 4.39. The molecular formula is C13H20N4O3. The molecule has 1 aromatic rings. The minimum absolute atomic E-state index is 0.146. The third-order valence-corrected chi connectivity index (χ3v) is 3.44. The van der Waals surface area contributed by atoms with Crippen LogP contribution < -0.4 is 20.1 Å². The lowest BCUT2D eigenvalue weighted by atomic mass is 9.90. The molecule has 7 nitrogen and oxygen atoms in total. The maximum atomic E-state index is 12.4. The Morgan fingerprint density at radius 3 is 2.45 bits per heavy atom. The molecule has 1 fully saturated rings. The highest BCUT2D eigenvalue weighted by molar-refractivity contribution is 5.96. The normalized spacial score (nSPS) is 22.1. The van der Waals surface area contributed by atoms with Gasteiger partial charge in [-0.2, -0.15) is 9.97 Å². The second kappa shape index (κ2) is 6.04. The summed E-state index contributed by atoms with van der Waals surface area (Å²) < 4.78 is 10.1. The molecule has 2 heterocycles. The Bertz CT molecular complexity index is 464. The van der Waals surface area contributed by atoms with Crippen molar-refractivity contribution in [3.05, 3.63) is 6.07 Å². The van der Waals surface area contributed by atoms with E-state index in [1.54, 1.807) is 6.07 Å². The number of carbonyl (C=O) groups excluding carboxylic acids is 1. The summed E-state index contributed by atoms with van der Waals surface area (Å²) in [6, 6.07) is 1.55. The minimum Gasteiger partial charge on any atom is -0.481 e. The first kappa shape index (κ1) is 14.5. The van der Waals surface area contributed by atoms with E-state index >= 15 is 0 Å².